The molecule has 0 bridgehead atoms. The molecule has 4 heteroatoms. The monoisotopic (exact) mass is 279 g/mol. The maximum atomic E-state index is 13.0. The fraction of sp³-hybridized carbons (Fsp3) is 0.562. The third-order valence-corrected chi connectivity index (χ3v) is 3.78. The lowest BCUT2D eigenvalue weighted by molar-refractivity contribution is -0.138. The van der Waals surface area contributed by atoms with Crippen LogP contribution in [0.3, 0.4) is 0 Å². The summed E-state index contributed by atoms with van der Waals surface area (Å²) in [5, 5.41) is 0. The third kappa shape index (κ3) is 3.57. The van der Waals surface area contributed by atoms with E-state index in [1.54, 1.807) is 0 Å². The Balaban J connectivity index is 1.98. The van der Waals surface area contributed by atoms with Gasteiger partial charge >= 0.3 is 0 Å². The van der Waals surface area contributed by atoms with E-state index >= 15 is 0 Å². The Labute approximate surface area is 119 Å². The molecule has 110 valence electrons. The van der Waals surface area contributed by atoms with Crippen LogP contribution in [0.1, 0.15) is 38.7 Å². The average Bonchev–Trinajstić information content (AvgIpc) is 2.79. The van der Waals surface area contributed by atoms with E-state index < -0.39 is 0 Å². The third-order valence-electron chi connectivity index (χ3n) is 3.78. The highest BCUT2D eigenvalue weighted by atomic mass is 19.1. The quantitative estimate of drug-likeness (QED) is 0.848. The van der Waals surface area contributed by atoms with Gasteiger partial charge in [-0.2, -0.15) is 0 Å². The number of ether oxygens (including phenoxy) is 1. The van der Waals surface area contributed by atoms with Crippen molar-refractivity contribution in [1.29, 1.82) is 0 Å². The molecule has 0 radical (unpaired) electrons. The predicted molar refractivity (Wildman–Crippen MR) is 76.0 cm³/mol. The molecule has 1 fully saturated rings. The Bertz CT molecular complexity index is 458. The molecule has 2 unspecified atom stereocenters. The van der Waals surface area contributed by atoms with Gasteiger partial charge in [-0.15, -0.1) is 0 Å². The van der Waals surface area contributed by atoms with Gasteiger partial charge in [-0.05, 0) is 44.9 Å². The lowest BCUT2D eigenvalue weighted by atomic mass is 9.97. The SMILES string of the molecule is CC(C)OCC(=O)N1CC(c2ccc(F)cc2)CC1C. The molecule has 0 spiro atoms. The van der Waals surface area contributed by atoms with Gasteiger partial charge in [0.05, 0.1) is 6.10 Å². The number of likely N-dealkylation sites (tertiary alicyclic amines) is 1. The molecule has 20 heavy (non-hydrogen) atoms. The first-order valence-corrected chi connectivity index (χ1v) is 7.14. The first kappa shape index (κ1) is 15.0. The number of benzene rings is 1. The van der Waals surface area contributed by atoms with Gasteiger partial charge in [-0.25, -0.2) is 4.39 Å². The van der Waals surface area contributed by atoms with Crippen molar-refractivity contribution in [3.63, 3.8) is 0 Å². The highest BCUT2D eigenvalue weighted by Crippen LogP contribution is 2.31. The molecule has 1 heterocycles. The molecule has 1 saturated heterocycles. The topological polar surface area (TPSA) is 29.5 Å². The molecule has 0 aliphatic carbocycles. The largest absolute Gasteiger partial charge is 0.369 e. The molecule has 0 aromatic heterocycles. The van der Waals surface area contributed by atoms with Crippen LogP contribution >= 0.6 is 0 Å². The van der Waals surface area contributed by atoms with Crippen molar-refractivity contribution in [2.75, 3.05) is 13.2 Å². The smallest absolute Gasteiger partial charge is 0.248 e. The Morgan fingerprint density at radius 2 is 2.05 bits per heavy atom. The summed E-state index contributed by atoms with van der Waals surface area (Å²) in [6.07, 6.45) is 0.976. The van der Waals surface area contributed by atoms with Crippen molar-refractivity contribution < 1.29 is 13.9 Å². The zero-order chi connectivity index (χ0) is 14.7. The molecule has 1 aromatic rings. The number of carbonyl (C=O) groups is 1. The summed E-state index contributed by atoms with van der Waals surface area (Å²) in [6.45, 7) is 6.71. The van der Waals surface area contributed by atoms with Gasteiger partial charge in [-0.1, -0.05) is 12.1 Å². The number of amides is 1. The van der Waals surface area contributed by atoms with Crippen molar-refractivity contribution in [2.45, 2.75) is 45.3 Å². The summed E-state index contributed by atoms with van der Waals surface area (Å²) in [6, 6.07) is 6.78. The number of hydrogen-bond acceptors (Lipinski definition) is 2. The lowest BCUT2D eigenvalue weighted by Crippen LogP contribution is -2.37. The number of carbonyl (C=O) groups excluding carboxylic acids is 1. The molecule has 1 aliphatic rings. The van der Waals surface area contributed by atoms with Crippen LogP contribution in [0.4, 0.5) is 4.39 Å². The molecule has 1 amide bonds. The van der Waals surface area contributed by atoms with E-state index in [1.807, 2.05) is 30.9 Å². The highest BCUT2D eigenvalue weighted by molar-refractivity contribution is 5.78. The van der Waals surface area contributed by atoms with E-state index in [4.69, 9.17) is 4.74 Å². The van der Waals surface area contributed by atoms with Gasteiger partial charge in [0.25, 0.3) is 0 Å². The second kappa shape index (κ2) is 6.35. The fourth-order valence-electron chi connectivity index (χ4n) is 2.68. The minimum atomic E-state index is -0.224. The summed E-state index contributed by atoms with van der Waals surface area (Å²) < 4.78 is 18.3. The van der Waals surface area contributed by atoms with Crippen LogP contribution in [0.5, 0.6) is 0 Å². The Hall–Kier alpha value is -1.42. The zero-order valence-corrected chi connectivity index (χ0v) is 12.3. The minimum absolute atomic E-state index is 0.0378. The summed E-state index contributed by atoms with van der Waals surface area (Å²) in [7, 11) is 0. The van der Waals surface area contributed by atoms with E-state index in [2.05, 4.69) is 6.92 Å². The molecule has 0 saturated carbocycles. The Morgan fingerprint density at radius 1 is 1.40 bits per heavy atom. The molecule has 1 aliphatic heterocycles. The Kier molecular flexibility index (Phi) is 4.76. The summed E-state index contributed by atoms with van der Waals surface area (Å²) in [4.78, 5) is 14.0. The van der Waals surface area contributed by atoms with Crippen LogP contribution in [0.25, 0.3) is 0 Å². The van der Waals surface area contributed by atoms with Crippen molar-refractivity contribution in [3.8, 4) is 0 Å². The van der Waals surface area contributed by atoms with E-state index in [9.17, 15) is 9.18 Å². The second-order valence-electron chi connectivity index (χ2n) is 5.74. The van der Waals surface area contributed by atoms with Gasteiger partial charge in [0, 0.05) is 18.5 Å². The number of nitrogens with zero attached hydrogens (tertiary/aromatic N) is 1. The van der Waals surface area contributed by atoms with Crippen LogP contribution < -0.4 is 0 Å². The van der Waals surface area contributed by atoms with Crippen molar-refractivity contribution >= 4 is 5.91 Å². The van der Waals surface area contributed by atoms with Crippen LogP contribution in [-0.4, -0.2) is 36.1 Å². The van der Waals surface area contributed by atoms with Gasteiger partial charge in [0.15, 0.2) is 0 Å². The molecule has 0 N–H and O–H groups in total. The normalized spacial score (nSPS) is 22.6. The summed E-state index contributed by atoms with van der Waals surface area (Å²) in [5.74, 6) is 0.0995. The second-order valence-corrected chi connectivity index (χ2v) is 5.74. The molecule has 1 aromatic carbocycles. The first-order chi connectivity index (χ1) is 9.47. The van der Waals surface area contributed by atoms with Crippen LogP contribution in [0.2, 0.25) is 0 Å². The number of rotatable bonds is 4. The van der Waals surface area contributed by atoms with E-state index in [-0.39, 0.29) is 36.4 Å². The first-order valence-electron chi connectivity index (χ1n) is 7.14. The zero-order valence-electron chi connectivity index (χ0n) is 12.3. The molecular formula is C16H22FNO2. The number of halogens is 1. The van der Waals surface area contributed by atoms with E-state index in [1.165, 1.54) is 12.1 Å². The van der Waals surface area contributed by atoms with Crippen LogP contribution in [0, 0.1) is 5.82 Å². The summed E-state index contributed by atoms with van der Waals surface area (Å²) in [5.41, 5.74) is 1.10. The van der Waals surface area contributed by atoms with E-state index in [0.717, 1.165) is 12.0 Å². The van der Waals surface area contributed by atoms with Gasteiger partial charge in [0.2, 0.25) is 5.91 Å². The van der Waals surface area contributed by atoms with Gasteiger partial charge in [0.1, 0.15) is 12.4 Å². The van der Waals surface area contributed by atoms with Crippen LogP contribution in [-0.2, 0) is 9.53 Å². The maximum Gasteiger partial charge on any atom is 0.248 e. The maximum absolute atomic E-state index is 13.0. The fourth-order valence-corrected chi connectivity index (χ4v) is 2.68. The van der Waals surface area contributed by atoms with Gasteiger partial charge in [-0.3, -0.25) is 4.79 Å². The van der Waals surface area contributed by atoms with Crippen molar-refractivity contribution in [3.05, 3.63) is 35.6 Å². The standard InChI is InChI=1S/C16H22FNO2/c1-11(2)20-10-16(19)18-9-14(8-12(18)3)13-4-6-15(17)7-5-13/h4-7,11-12,14H,8-10H2,1-3H3. The predicted octanol–water partition coefficient (Wildman–Crippen LogP) is 2.96. The lowest BCUT2D eigenvalue weighted by Gasteiger charge is -2.22. The van der Waals surface area contributed by atoms with E-state index in [0.29, 0.717) is 6.54 Å². The van der Waals surface area contributed by atoms with Gasteiger partial charge < -0.3 is 9.64 Å². The van der Waals surface area contributed by atoms with Crippen molar-refractivity contribution in [1.82, 2.24) is 4.90 Å². The molecule has 2 atom stereocenters. The minimum Gasteiger partial charge on any atom is -0.369 e. The number of hydrogen-bond donors (Lipinski definition) is 0. The highest BCUT2D eigenvalue weighted by Gasteiger charge is 2.33. The van der Waals surface area contributed by atoms with Crippen LogP contribution in [0.15, 0.2) is 24.3 Å². The Morgan fingerprint density at radius 3 is 2.65 bits per heavy atom. The van der Waals surface area contributed by atoms with Crippen molar-refractivity contribution in [2.24, 2.45) is 0 Å². The average molecular weight is 279 g/mol. The molecule has 2 rings (SSSR count). The summed E-state index contributed by atoms with van der Waals surface area (Å²) >= 11 is 0. The molecule has 3 nitrogen and oxygen atoms in total. The molecular weight excluding hydrogens is 257 g/mol.